The van der Waals surface area contributed by atoms with E-state index in [1.807, 2.05) is 29.2 Å². The van der Waals surface area contributed by atoms with E-state index in [2.05, 4.69) is 41.2 Å². The molecule has 0 N–H and O–H groups in total. The number of piperazine rings is 1. The standard InChI is InChI=1S/C21H23N3O2/c1-16-5-4-6-17(13-16)15-23-9-11-24(12-10-23)21(25)14-19-18-7-2-3-8-20(18)26-22-19/h2-8,13H,9-12,14-15H2,1H3. The topological polar surface area (TPSA) is 49.6 Å². The Bertz CT molecular complexity index is 910. The Morgan fingerprint density at radius 3 is 2.69 bits per heavy atom. The Labute approximate surface area is 153 Å². The normalized spacial score (nSPS) is 15.5. The van der Waals surface area contributed by atoms with E-state index in [0.717, 1.165) is 49.4 Å². The third-order valence-corrected chi connectivity index (χ3v) is 4.98. The second-order valence-electron chi connectivity index (χ2n) is 6.95. The Morgan fingerprint density at radius 2 is 1.88 bits per heavy atom. The van der Waals surface area contributed by atoms with Crippen LogP contribution in [0.5, 0.6) is 0 Å². The Morgan fingerprint density at radius 1 is 1.08 bits per heavy atom. The molecule has 2 heterocycles. The number of rotatable bonds is 4. The van der Waals surface area contributed by atoms with Crippen molar-refractivity contribution in [2.75, 3.05) is 26.2 Å². The first kappa shape index (κ1) is 16.8. The number of hydrogen-bond donors (Lipinski definition) is 0. The van der Waals surface area contributed by atoms with Crippen LogP contribution in [-0.2, 0) is 17.8 Å². The third-order valence-electron chi connectivity index (χ3n) is 4.98. The lowest BCUT2D eigenvalue weighted by Crippen LogP contribution is -2.48. The maximum atomic E-state index is 12.6. The van der Waals surface area contributed by atoms with Crippen LogP contribution in [0.2, 0.25) is 0 Å². The van der Waals surface area contributed by atoms with Crippen molar-refractivity contribution in [2.45, 2.75) is 19.9 Å². The van der Waals surface area contributed by atoms with Gasteiger partial charge in [0.25, 0.3) is 0 Å². The predicted molar refractivity (Wildman–Crippen MR) is 101 cm³/mol. The van der Waals surface area contributed by atoms with E-state index < -0.39 is 0 Å². The highest BCUT2D eigenvalue weighted by atomic mass is 16.5. The molecule has 1 aromatic heterocycles. The van der Waals surface area contributed by atoms with Crippen LogP contribution in [0.25, 0.3) is 11.0 Å². The van der Waals surface area contributed by atoms with Gasteiger partial charge in [0.1, 0.15) is 5.69 Å². The molecule has 1 aliphatic heterocycles. The molecule has 0 atom stereocenters. The molecule has 5 nitrogen and oxygen atoms in total. The van der Waals surface area contributed by atoms with Gasteiger partial charge in [-0.05, 0) is 24.6 Å². The molecular weight excluding hydrogens is 326 g/mol. The molecule has 0 saturated carbocycles. The maximum absolute atomic E-state index is 12.6. The zero-order chi connectivity index (χ0) is 17.9. The summed E-state index contributed by atoms with van der Waals surface area (Å²) in [7, 11) is 0. The van der Waals surface area contributed by atoms with Gasteiger partial charge in [0.15, 0.2) is 5.58 Å². The summed E-state index contributed by atoms with van der Waals surface area (Å²) >= 11 is 0. The molecular formula is C21H23N3O2. The van der Waals surface area contributed by atoms with E-state index in [9.17, 15) is 4.79 Å². The fourth-order valence-electron chi connectivity index (χ4n) is 3.54. The largest absolute Gasteiger partial charge is 0.356 e. The molecule has 26 heavy (non-hydrogen) atoms. The predicted octanol–water partition coefficient (Wildman–Crippen LogP) is 3.02. The van der Waals surface area contributed by atoms with Crippen molar-refractivity contribution >= 4 is 16.9 Å². The van der Waals surface area contributed by atoms with Gasteiger partial charge in [0.2, 0.25) is 5.91 Å². The smallest absolute Gasteiger partial charge is 0.228 e. The lowest BCUT2D eigenvalue weighted by Gasteiger charge is -2.34. The van der Waals surface area contributed by atoms with Crippen molar-refractivity contribution in [3.05, 3.63) is 65.4 Å². The van der Waals surface area contributed by atoms with E-state index in [0.29, 0.717) is 6.42 Å². The number of para-hydroxylation sites is 1. The van der Waals surface area contributed by atoms with Crippen LogP contribution in [0.15, 0.2) is 53.1 Å². The molecule has 1 fully saturated rings. The van der Waals surface area contributed by atoms with Crippen LogP contribution in [0.1, 0.15) is 16.8 Å². The Balaban J connectivity index is 1.33. The molecule has 0 radical (unpaired) electrons. The number of benzene rings is 2. The van der Waals surface area contributed by atoms with Gasteiger partial charge in [-0.2, -0.15) is 0 Å². The first-order valence-electron chi connectivity index (χ1n) is 9.08. The van der Waals surface area contributed by atoms with E-state index in [4.69, 9.17) is 4.52 Å². The number of carbonyl (C=O) groups excluding carboxylic acids is 1. The molecule has 0 spiro atoms. The summed E-state index contributed by atoms with van der Waals surface area (Å²) in [6.07, 6.45) is 0.300. The SMILES string of the molecule is Cc1cccc(CN2CCN(C(=O)Cc3noc4ccccc34)CC2)c1. The van der Waals surface area contributed by atoms with Gasteiger partial charge >= 0.3 is 0 Å². The van der Waals surface area contributed by atoms with E-state index in [1.165, 1.54) is 11.1 Å². The van der Waals surface area contributed by atoms with Crippen molar-refractivity contribution in [2.24, 2.45) is 0 Å². The van der Waals surface area contributed by atoms with Crippen LogP contribution in [0, 0.1) is 6.92 Å². The summed E-state index contributed by atoms with van der Waals surface area (Å²) in [6, 6.07) is 16.3. The zero-order valence-corrected chi connectivity index (χ0v) is 15.0. The first-order chi connectivity index (χ1) is 12.7. The van der Waals surface area contributed by atoms with Crippen molar-refractivity contribution < 1.29 is 9.32 Å². The Hall–Kier alpha value is -2.66. The number of aromatic nitrogens is 1. The summed E-state index contributed by atoms with van der Waals surface area (Å²) in [5.41, 5.74) is 4.08. The molecule has 1 saturated heterocycles. The highest BCUT2D eigenvalue weighted by Gasteiger charge is 2.22. The van der Waals surface area contributed by atoms with Crippen LogP contribution in [0.4, 0.5) is 0 Å². The van der Waals surface area contributed by atoms with Crippen molar-refractivity contribution in [1.29, 1.82) is 0 Å². The molecule has 134 valence electrons. The van der Waals surface area contributed by atoms with Gasteiger partial charge in [-0.1, -0.05) is 47.1 Å². The fraction of sp³-hybridized carbons (Fsp3) is 0.333. The van der Waals surface area contributed by atoms with E-state index >= 15 is 0 Å². The van der Waals surface area contributed by atoms with Gasteiger partial charge in [-0.15, -0.1) is 0 Å². The summed E-state index contributed by atoms with van der Waals surface area (Å²) in [5.74, 6) is 0.124. The molecule has 4 rings (SSSR count). The summed E-state index contributed by atoms with van der Waals surface area (Å²) < 4.78 is 5.30. The average molecular weight is 349 g/mol. The second kappa shape index (κ2) is 7.30. The lowest BCUT2D eigenvalue weighted by atomic mass is 10.1. The average Bonchev–Trinajstić information content (AvgIpc) is 3.05. The number of hydrogen-bond acceptors (Lipinski definition) is 4. The number of fused-ring (bicyclic) bond motifs is 1. The molecule has 2 aromatic carbocycles. The van der Waals surface area contributed by atoms with Crippen LogP contribution in [-0.4, -0.2) is 47.0 Å². The quantitative estimate of drug-likeness (QED) is 0.726. The Kier molecular flexibility index (Phi) is 4.71. The molecule has 1 aliphatic rings. The third kappa shape index (κ3) is 3.63. The second-order valence-corrected chi connectivity index (χ2v) is 6.95. The van der Waals surface area contributed by atoms with E-state index in [-0.39, 0.29) is 5.91 Å². The van der Waals surface area contributed by atoms with Gasteiger partial charge in [-0.25, -0.2) is 0 Å². The number of aryl methyl sites for hydroxylation is 1. The molecule has 0 unspecified atom stereocenters. The van der Waals surface area contributed by atoms with Crippen molar-refractivity contribution in [3.8, 4) is 0 Å². The number of amides is 1. The zero-order valence-electron chi connectivity index (χ0n) is 15.0. The van der Waals surface area contributed by atoms with Crippen LogP contribution in [0.3, 0.4) is 0 Å². The van der Waals surface area contributed by atoms with Gasteiger partial charge in [-0.3, -0.25) is 9.69 Å². The highest BCUT2D eigenvalue weighted by molar-refractivity contribution is 5.86. The van der Waals surface area contributed by atoms with Crippen LogP contribution < -0.4 is 0 Å². The van der Waals surface area contributed by atoms with Gasteiger partial charge < -0.3 is 9.42 Å². The summed E-state index contributed by atoms with van der Waals surface area (Å²) in [5, 5.41) is 5.01. The number of nitrogens with zero attached hydrogens (tertiary/aromatic N) is 3. The molecule has 5 heteroatoms. The van der Waals surface area contributed by atoms with E-state index in [1.54, 1.807) is 0 Å². The fourth-order valence-corrected chi connectivity index (χ4v) is 3.54. The lowest BCUT2D eigenvalue weighted by molar-refractivity contribution is -0.132. The molecule has 1 amide bonds. The van der Waals surface area contributed by atoms with Gasteiger partial charge in [0.05, 0.1) is 6.42 Å². The minimum atomic E-state index is 0.124. The molecule has 3 aromatic rings. The summed E-state index contributed by atoms with van der Waals surface area (Å²) in [6.45, 7) is 6.39. The minimum Gasteiger partial charge on any atom is -0.356 e. The van der Waals surface area contributed by atoms with Crippen LogP contribution >= 0.6 is 0 Å². The molecule has 0 bridgehead atoms. The minimum absolute atomic E-state index is 0.124. The monoisotopic (exact) mass is 349 g/mol. The summed E-state index contributed by atoms with van der Waals surface area (Å²) in [4.78, 5) is 17.0. The first-order valence-corrected chi connectivity index (χ1v) is 9.08. The van der Waals surface area contributed by atoms with Crippen molar-refractivity contribution in [1.82, 2.24) is 15.0 Å². The number of carbonyl (C=O) groups is 1. The molecule has 0 aliphatic carbocycles. The maximum Gasteiger partial charge on any atom is 0.228 e. The van der Waals surface area contributed by atoms with Crippen molar-refractivity contribution in [3.63, 3.8) is 0 Å². The highest BCUT2D eigenvalue weighted by Crippen LogP contribution is 2.19. The van der Waals surface area contributed by atoms with Gasteiger partial charge in [0, 0.05) is 38.1 Å².